The third-order valence-corrected chi connectivity index (χ3v) is 13.9. The van der Waals surface area contributed by atoms with Crippen LogP contribution in [0, 0.1) is 0 Å². The van der Waals surface area contributed by atoms with E-state index in [2.05, 4.69) is 23.6 Å². The summed E-state index contributed by atoms with van der Waals surface area (Å²) in [6.07, 6.45) is 32.0. The molecule has 2 aliphatic heterocycles. The maximum Gasteiger partial charge on any atom is 0.352 e. The highest BCUT2D eigenvalue weighted by Gasteiger charge is 2.42. The second kappa shape index (κ2) is 46.3. The van der Waals surface area contributed by atoms with Gasteiger partial charge in [0.1, 0.15) is 0 Å². The largest absolute Gasteiger partial charge is 0.466 e. The van der Waals surface area contributed by atoms with E-state index < -0.39 is 36.1 Å². The number of hydrogen-bond donors (Lipinski definition) is 0. The maximum atomic E-state index is 13.8. The average molecular weight is 1020 g/mol. The van der Waals surface area contributed by atoms with Crippen molar-refractivity contribution in [1.29, 1.82) is 0 Å². The minimum atomic E-state index is -1.81. The Hall–Kier alpha value is -3.26. The topological polar surface area (TPSA) is 164 Å². The second-order valence-electron chi connectivity index (χ2n) is 20.6. The fourth-order valence-corrected chi connectivity index (χ4v) is 9.43. The first-order valence-electron chi connectivity index (χ1n) is 29.7. The smallest absolute Gasteiger partial charge is 0.352 e. The fraction of sp³-hybridized carbons (Fsp3) is 0.897. The van der Waals surface area contributed by atoms with Crippen molar-refractivity contribution in [2.75, 3.05) is 65.7 Å². The number of rotatable bonds is 49. The molecular weight excluding hydrogens is 917 g/mol. The molecule has 14 heteroatoms. The van der Waals surface area contributed by atoms with E-state index in [4.69, 9.17) is 28.4 Å². The summed E-state index contributed by atoms with van der Waals surface area (Å²) in [5, 5.41) is 0. The van der Waals surface area contributed by atoms with Gasteiger partial charge in [-0.15, -0.1) is 0 Å². The number of likely N-dealkylation sites (tertiary alicyclic amines) is 2. The number of carbonyl (C=O) groups is 6. The number of unbranched alkanes of at least 4 members (excludes halogenated alkanes) is 24. The molecular formula is C58H104N2O12. The Morgan fingerprint density at radius 3 is 0.903 bits per heavy atom. The summed E-state index contributed by atoms with van der Waals surface area (Å²) in [4.78, 5) is 83.0. The van der Waals surface area contributed by atoms with E-state index >= 15 is 0 Å². The third-order valence-electron chi connectivity index (χ3n) is 13.9. The van der Waals surface area contributed by atoms with Gasteiger partial charge in [-0.25, -0.2) is 9.59 Å². The highest BCUT2D eigenvalue weighted by molar-refractivity contribution is 5.89. The lowest BCUT2D eigenvalue weighted by molar-refractivity contribution is -0.192. The number of hydrogen-bond acceptors (Lipinski definition) is 14. The number of carbonyl (C=O) groups excluding carboxylic acids is 6. The van der Waals surface area contributed by atoms with Crippen LogP contribution < -0.4 is 0 Å². The summed E-state index contributed by atoms with van der Waals surface area (Å²) < 4.78 is 33.5. The van der Waals surface area contributed by atoms with Gasteiger partial charge < -0.3 is 38.2 Å². The van der Waals surface area contributed by atoms with E-state index in [-0.39, 0.29) is 38.0 Å². The SMILES string of the molecule is CCCCCCCCCCCC(=O)OCCCCCCCOC(=O)C(OC(=O)CCCN1CCCC1)C(OC(=O)CCCN1CCCC1)C(=O)OCCCCCCCOC(=O)CCCCCCCCCCC. The summed E-state index contributed by atoms with van der Waals surface area (Å²) in [5.41, 5.74) is 0. The zero-order valence-corrected chi connectivity index (χ0v) is 45.9. The van der Waals surface area contributed by atoms with Crippen molar-refractivity contribution >= 4 is 35.8 Å². The van der Waals surface area contributed by atoms with E-state index in [9.17, 15) is 28.8 Å². The van der Waals surface area contributed by atoms with Crippen molar-refractivity contribution in [3.05, 3.63) is 0 Å². The second-order valence-corrected chi connectivity index (χ2v) is 20.6. The van der Waals surface area contributed by atoms with E-state index in [1.165, 1.54) is 89.9 Å². The first-order valence-corrected chi connectivity index (χ1v) is 29.7. The quantitative estimate of drug-likeness (QED) is 0.0321. The van der Waals surface area contributed by atoms with Gasteiger partial charge >= 0.3 is 35.8 Å². The predicted octanol–water partition coefficient (Wildman–Crippen LogP) is 12.5. The molecule has 0 aliphatic carbocycles. The third kappa shape index (κ3) is 36.6. The summed E-state index contributed by atoms with van der Waals surface area (Å²) in [5.74, 6) is -3.54. The minimum absolute atomic E-state index is 0.0267. The molecule has 72 heavy (non-hydrogen) atoms. The van der Waals surface area contributed by atoms with Crippen molar-refractivity contribution in [1.82, 2.24) is 9.80 Å². The van der Waals surface area contributed by atoms with Crippen LogP contribution in [-0.4, -0.2) is 124 Å². The molecule has 418 valence electrons. The Morgan fingerprint density at radius 1 is 0.319 bits per heavy atom. The summed E-state index contributed by atoms with van der Waals surface area (Å²) in [7, 11) is 0. The van der Waals surface area contributed by atoms with E-state index in [0.29, 0.717) is 64.8 Å². The van der Waals surface area contributed by atoms with Crippen LogP contribution >= 0.6 is 0 Å². The summed E-state index contributed by atoms with van der Waals surface area (Å²) in [6.45, 7) is 10.6. The van der Waals surface area contributed by atoms with Gasteiger partial charge in [-0.05, 0) is 116 Å². The summed E-state index contributed by atoms with van der Waals surface area (Å²) >= 11 is 0. The van der Waals surface area contributed by atoms with Crippen LogP contribution in [0.2, 0.25) is 0 Å². The fourth-order valence-electron chi connectivity index (χ4n) is 9.43. The van der Waals surface area contributed by atoms with Gasteiger partial charge in [0.25, 0.3) is 0 Å². The normalized spacial score (nSPS) is 14.8. The van der Waals surface area contributed by atoms with Gasteiger partial charge in [0.15, 0.2) is 0 Å². The van der Waals surface area contributed by atoms with Crippen LogP contribution in [0.3, 0.4) is 0 Å². The molecule has 2 atom stereocenters. The summed E-state index contributed by atoms with van der Waals surface area (Å²) in [6, 6.07) is 0. The number of ether oxygens (including phenoxy) is 6. The molecule has 14 nitrogen and oxygen atoms in total. The van der Waals surface area contributed by atoms with Crippen molar-refractivity contribution < 1.29 is 57.2 Å². The van der Waals surface area contributed by atoms with Gasteiger partial charge in [0.05, 0.1) is 26.4 Å². The molecule has 0 aromatic heterocycles. The van der Waals surface area contributed by atoms with Crippen molar-refractivity contribution in [3.8, 4) is 0 Å². The van der Waals surface area contributed by atoms with E-state index in [0.717, 1.165) is 129 Å². The predicted molar refractivity (Wildman–Crippen MR) is 283 cm³/mol. The minimum Gasteiger partial charge on any atom is -0.466 e. The van der Waals surface area contributed by atoms with Crippen molar-refractivity contribution in [2.24, 2.45) is 0 Å². The zero-order valence-electron chi connectivity index (χ0n) is 45.9. The standard InChI is InChI=1S/C58H104N2O12/c1-3-5-7-9-11-13-15-19-25-37-51(61)67-47-31-21-17-23-33-49-69-57(65)55(71-53(63)39-35-45-59-41-27-28-42-59)56(72-54(64)40-36-46-60-43-29-30-44-60)58(66)70-50-34-24-18-22-32-48-68-52(62)38-26-20-16-14-12-10-8-6-4-2/h55-56H,3-50H2,1-2H3. The molecule has 2 unspecified atom stereocenters. The van der Waals surface area contributed by atoms with Crippen LogP contribution in [0.15, 0.2) is 0 Å². The molecule has 0 aromatic rings. The van der Waals surface area contributed by atoms with Gasteiger partial charge in [0.2, 0.25) is 12.2 Å². The Kier molecular flexibility index (Phi) is 41.7. The molecule has 0 radical (unpaired) electrons. The van der Waals surface area contributed by atoms with Gasteiger partial charge in [-0.3, -0.25) is 19.2 Å². The van der Waals surface area contributed by atoms with Crippen LogP contribution in [0.25, 0.3) is 0 Å². The first-order chi connectivity index (χ1) is 35.2. The monoisotopic (exact) mass is 1020 g/mol. The molecule has 0 saturated carbocycles. The molecule has 2 aliphatic rings. The highest BCUT2D eigenvalue weighted by Crippen LogP contribution is 2.18. The number of esters is 6. The molecule has 0 amide bonds. The van der Waals surface area contributed by atoms with Crippen molar-refractivity contribution in [3.63, 3.8) is 0 Å². The molecule has 0 spiro atoms. The molecule has 0 N–H and O–H groups in total. The van der Waals surface area contributed by atoms with Crippen LogP contribution in [0.4, 0.5) is 0 Å². The Bertz CT molecular complexity index is 1280. The Balaban J connectivity index is 1.82. The van der Waals surface area contributed by atoms with Gasteiger partial charge in [-0.1, -0.05) is 155 Å². The molecule has 2 rings (SSSR count). The Morgan fingerprint density at radius 2 is 0.583 bits per heavy atom. The molecule has 0 bridgehead atoms. The maximum absolute atomic E-state index is 13.8. The molecule has 0 aromatic carbocycles. The lowest BCUT2D eigenvalue weighted by Gasteiger charge is -2.25. The zero-order chi connectivity index (χ0) is 52.0. The number of nitrogens with zero attached hydrogens (tertiary/aromatic N) is 2. The average Bonchev–Trinajstić information content (AvgIpc) is 4.11. The van der Waals surface area contributed by atoms with E-state index in [1.54, 1.807) is 0 Å². The lowest BCUT2D eigenvalue weighted by atomic mass is 10.1. The first kappa shape index (κ1) is 64.9. The van der Waals surface area contributed by atoms with Crippen LogP contribution in [0.5, 0.6) is 0 Å². The van der Waals surface area contributed by atoms with Gasteiger partial charge in [-0.2, -0.15) is 0 Å². The molecule has 2 fully saturated rings. The Labute approximate surface area is 437 Å². The molecule has 2 heterocycles. The van der Waals surface area contributed by atoms with Crippen molar-refractivity contribution in [2.45, 2.75) is 270 Å². The lowest BCUT2D eigenvalue weighted by Crippen LogP contribution is -2.47. The van der Waals surface area contributed by atoms with E-state index in [1.807, 2.05) is 0 Å². The molecule has 2 saturated heterocycles. The van der Waals surface area contributed by atoms with Crippen LogP contribution in [-0.2, 0) is 57.2 Å². The van der Waals surface area contributed by atoms with Gasteiger partial charge in [0, 0.05) is 25.7 Å². The highest BCUT2D eigenvalue weighted by atomic mass is 16.6. The van der Waals surface area contributed by atoms with Crippen LogP contribution in [0.1, 0.15) is 258 Å².